The van der Waals surface area contributed by atoms with Gasteiger partial charge in [-0.2, -0.15) is 5.10 Å². The van der Waals surface area contributed by atoms with E-state index >= 15 is 0 Å². The topological polar surface area (TPSA) is 46.9 Å². The molecule has 2 aromatic rings. The Kier molecular flexibility index (Phi) is 6.87. The van der Waals surface area contributed by atoms with Gasteiger partial charge in [-0.3, -0.25) is 4.79 Å². The second-order valence-corrected chi connectivity index (χ2v) is 8.17. The van der Waals surface area contributed by atoms with Gasteiger partial charge in [0, 0.05) is 17.4 Å². The molecule has 1 heterocycles. The zero-order chi connectivity index (χ0) is 19.3. The number of aromatic nitrogens is 2. The normalized spacial score (nSPS) is 12.8. The van der Waals surface area contributed by atoms with Crippen LogP contribution in [0.2, 0.25) is 5.02 Å². The van der Waals surface area contributed by atoms with Gasteiger partial charge in [0.25, 0.3) is 0 Å². The van der Waals surface area contributed by atoms with Crippen molar-refractivity contribution in [1.82, 2.24) is 9.78 Å². The Balaban J connectivity index is 2.39. The van der Waals surface area contributed by atoms with Gasteiger partial charge in [0.15, 0.2) is 0 Å². The number of unbranched alkanes of at least 4 members (excludes halogenated alkanes) is 1. The number of hydrogen-bond acceptors (Lipinski definition) is 2. The van der Waals surface area contributed by atoms with E-state index in [4.69, 9.17) is 16.7 Å². The summed E-state index contributed by atoms with van der Waals surface area (Å²) in [6.07, 6.45) is 3.89. The number of nitrogens with zero attached hydrogens (tertiary/aromatic N) is 2. The number of nitrogens with one attached hydrogen (secondary N) is 1. The van der Waals surface area contributed by atoms with Crippen molar-refractivity contribution in [1.29, 1.82) is 0 Å². The summed E-state index contributed by atoms with van der Waals surface area (Å²) >= 11 is 6.38. The van der Waals surface area contributed by atoms with Crippen molar-refractivity contribution in [2.24, 2.45) is 5.92 Å². The molecule has 5 heteroatoms. The van der Waals surface area contributed by atoms with Crippen molar-refractivity contribution in [2.75, 3.05) is 5.32 Å². The first-order chi connectivity index (χ1) is 12.3. The van der Waals surface area contributed by atoms with E-state index in [1.807, 2.05) is 30.3 Å². The van der Waals surface area contributed by atoms with E-state index in [0.29, 0.717) is 10.8 Å². The molecule has 0 saturated heterocycles. The molecule has 0 radical (unpaired) electrons. The molecule has 0 saturated carbocycles. The van der Waals surface area contributed by atoms with Crippen molar-refractivity contribution in [3.8, 4) is 5.69 Å². The zero-order valence-corrected chi connectivity index (χ0v) is 17.2. The molecule has 1 unspecified atom stereocenters. The number of para-hydroxylation sites is 1. The smallest absolute Gasteiger partial charge is 0.228 e. The number of rotatable bonds is 7. The van der Waals surface area contributed by atoms with Gasteiger partial charge in [0.1, 0.15) is 5.82 Å². The van der Waals surface area contributed by atoms with Crippen LogP contribution < -0.4 is 5.32 Å². The molecular weight excluding hydrogens is 346 g/mol. The van der Waals surface area contributed by atoms with Gasteiger partial charge in [0.05, 0.1) is 16.4 Å². The van der Waals surface area contributed by atoms with Crippen LogP contribution in [-0.2, 0) is 10.2 Å². The summed E-state index contributed by atoms with van der Waals surface area (Å²) in [5.74, 6) is 0.736. The molecule has 0 fully saturated rings. The fourth-order valence-corrected chi connectivity index (χ4v) is 3.06. The summed E-state index contributed by atoms with van der Waals surface area (Å²) in [5.41, 5.74) is 1.55. The van der Waals surface area contributed by atoms with Crippen molar-refractivity contribution >= 4 is 23.3 Å². The SMILES string of the molecule is CCCCC(CC)C(=O)Nc1cc(C(C)(C)C)nn1-c1ccccc1Cl. The standard InChI is InChI=1S/C21H30ClN3O/c1-6-8-11-15(7-2)20(26)23-19-14-18(21(3,4)5)24-25(19)17-13-10-9-12-16(17)22/h9-10,12-15H,6-8,11H2,1-5H3,(H,23,26). The number of anilines is 1. The maximum atomic E-state index is 12.8. The van der Waals surface area contributed by atoms with Gasteiger partial charge in [-0.15, -0.1) is 0 Å². The maximum Gasteiger partial charge on any atom is 0.228 e. The molecule has 1 atom stereocenters. The van der Waals surface area contributed by atoms with E-state index in [-0.39, 0.29) is 17.2 Å². The third-order valence-electron chi connectivity index (χ3n) is 4.58. The van der Waals surface area contributed by atoms with Crippen LogP contribution in [0.1, 0.15) is 66.0 Å². The molecule has 0 aliphatic carbocycles. The third-order valence-corrected chi connectivity index (χ3v) is 4.90. The third kappa shape index (κ3) is 4.88. The quantitative estimate of drug-likeness (QED) is 0.647. The van der Waals surface area contributed by atoms with Crippen molar-refractivity contribution in [3.63, 3.8) is 0 Å². The largest absolute Gasteiger partial charge is 0.310 e. The Morgan fingerprint density at radius 1 is 1.27 bits per heavy atom. The summed E-state index contributed by atoms with van der Waals surface area (Å²) in [4.78, 5) is 12.8. The van der Waals surface area contributed by atoms with Gasteiger partial charge in [-0.05, 0) is 25.0 Å². The second-order valence-electron chi connectivity index (χ2n) is 7.76. The van der Waals surface area contributed by atoms with Crippen LogP contribution in [0.5, 0.6) is 0 Å². The van der Waals surface area contributed by atoms with Crippen LogP contribution >= 0.6 is 11.6 Å². The Morgan fingerprint density at radius 3 is 2.54 bits per heavy atom. The minimum atomic E-state index is -0.127. The molecular formula is C21H30ClN3O. The lowest BCUT2D eigenvalue weighted by atomic mass is 9.92. The molecule has 4 nitrogen and oxygen atoms in total. The Morgan fingerprint density at radius 2 is 1.96 bits per heavy atom. The fourth-order valence-electron chi connectivity index (χ4n) is 2.84. The molecule has 0 aliphatic rings. The molecule has 0 spiro atoms. The summed E-state index contributed by atoms with van der Waals surface area (Å²) < 4.78 is 1.74. The first-order valence-electron chi connectivity index (χ1n) is 9.44. The van der Waals surface area contributed by atoms with Gasteiger partial charge in [-0.25, -0.2) is 4.68 Å². The highest BCUT2D eigenvalue weighted by molar-refractivity contribution is 6.32. The number of benzene rings is 1. The van der Waals surface area contributed by atoms with E-state index in [0.717, 1.165) is 37.1 Å². The predicted octanol–water partition coefficient (Wildman–Crippen LogP) is 5.98. The molecule has 26 heavy (non-hydrogen) atoms. The van der Waals surface area contributed by atoms with Crippen LogP contribution in [0, 0.1) is 5.92 Å². The molecule has 1 aromatic carbocycles. The minimum Gasteiger partial charge on any atom is -0.310 e. The van der Waals surface area contributed by atoms with Crippen molar-refractivity contribution < 1.29 is 4.79 Å². The van der Waals surface area contributed by atoms with Gasteiger partial charge < -0.3 is 5.32 Å². The number of amides is 1. The molecule has 0 aliphatic heterocycles. The first kappa shape index (κ1) is 20.5. The second kappa shape index (κ2) is 8.72. The van der Waals surface area contributed by atoms with E-state index in [1.54, 1.807) is 4.68 Å². The van der Waals surface area contributed by atoms with Crippen LogP contribution in [0.25, 0.3) is 5.69 Å². The summed E-state index contributed by atoms with van der Waals surface area (Å²) in [5, 5.41) is 8.42. The number of carbonyl (C=O) groups excluding carboxylic acids is 1. The summed E-state index contributed by atoms with van der Waals surface area (Å²) in [7, 11) is 0. The van der Waals surface area contributed by atoms with Gasteiger partial charge >= 0.3 is 0 Å². The van der Waals surface area contributed by atoms with Gasteiger partial charge in [0.2, 0.25) is 5.91 Å². The molecule has 1 amide bonds. The van der Waals surface area contributed by atoms with E-state index in [2.05, 4.69) is 39.9 Å². The summed E-state index contributed by atoms with van der Waals surface area (Å²) in [6.45, 7) is 10.5. The molecule has 2 rings (SSSR count). The van der Waals surface area contributed by atoms with E-state index in [1.165, 1.54) is 0 Å². The van der Waals surface area contributed by atoms with E-state index in [9.17, 15) is 4.79 Å². The van der Waals surface area contributed by atoms with Gasteiger partial charge in [-0.1, -0.05) is 71.2 Å². The zero-order valence-electron chi connectivity index (χ0n) is 16.5. The predicted molar refractivity (Wildman–Crippen MR) is 109 cm³/mol. The lowest BCUT2D eigenvalue weighted by molar-refractivity contribution is -0.120. The molecule has 1 N–H and O–H groups in total. The van der Waals surface area contributed by atoms with Crippen LogP contribution in [0.4, 0.5) is 5.82 Å². The molecule has 0 bridgehead atoms. The lowest BCUT2D eigenvalue weighted by Crippen LogP contribution is -2.23. The Bertz CT molecular complexity index is 746. The maximum absolute atomic E-state index is 12.8. The molecule has 1 aromatic heterocycles. The highest BCUT2D eigenvalue weighted by atomic mass is 35.5. The number of carbonyl (C=O) groups is 1. The lowest BCUT2D eigenvalue weighted by Gasteiger charge is -2.15. The average Bonchev–Trinajstić information content (AvgIpc) is 3.00. The monoisotopic (exact) mass is 375 g/mol. The minimum absolute atomic E-state index is 0.0163. The highest BCUT2D eigenvalue weighted by Gasteiger charge is 2.24. The Labute approximate surface area is 161 Å². The Hall–Kier alpha value is -1.81. The van der Waals surface area contributed by atoms with Crippen LogP contribution in [0.15, 0.2) is 30.3 Å². The highest BCUT2D eigenvalue weighted by Crippen LogP contribution is 2.29. The van der Waals surface area contributed by atoms with Crippen molar-refractivity contribution in [2.45, 2.75) is 65.7 Å². The average molecular weight is 376 g/mol. The molecule has 142 valence electrons. The van der Waals surface area contributed by atoms with Crippen LogP contribution in [-0.4, -0.2) is 15.7 Å². The number of hydrogen-bond donors (Lipinski definition) is 1. The van der Waals surface area contributed by atoms with Crippen LogP contribution in [0.3, 0.4) is 0 Å². The summed E-state index contributed by atoms with van der Waals surface area (Å²) in [6, 6.07) is 9.49. The fraction of sp³-hybridized carbons (Fsp3) is 0.524. The van der Waals surface area contributed by atoms with E-state index < -0.39 is 0 Å². The number of halogens is 1. The van der Waals surface area contributed by atoms with Crippen molar-refractivity contribution in [3.05, 3.63) is 41.0 Å². The first-order valence-corrected chi connectivity index (χ1v) is 9.82.